The van der Waals surface area contributed by atoms with Crippen molar-refractivity contribution in [3.8, 4) is 5.75 Å². The van der Waals surface area contributed by atoms with Gasteiger partial charge in [-0.25, -0.2) is 0 Å². The first-order valence-corrected chi connectivity index (χ1v) is 2.62. The van der Waals surface area contributed by atoms with E-state index in [1.165, 1.54) is 18.3 Å². The minimum absolute atomic E-state index is 0.224. The molecule has 1 aromatic rings. The van der Waals surface area contributed by atoms with E-state index in [-0.39, 0.29) is 5.56 Å². The van der Waals surface area contributed by atoms with Gasteiger partial charge < -0.3 is 9.72 Å². The minimum Gasteiger partial charge on any atom is -0.427 e. The third-order valence-electron chi connectivity index (χ3n) is 0.940. The summed E-state index contributed by atoms with van der Waals surface area (Å²) in [6.45, 7) is 0.299. The van der Waals surface area contributed by atoms with Gasteiger partial charge in [-0.3, -0.25) is 9.59 Å². The average Bonchev–Trinajstić information content (AvgIpc) is 1.95. The number of H-pyrrole nitrogens is 1. The number of aromatic amines is 1. The van der Waals surface area contributed by atoms with E-state index in [0.717, 1.165) is 0 Å². The molecule has 0 amide bonds. The van der Waals surface area contributed by atoms with Gasteiger partial charge >= 0.3 is 0 Å². The summed E-state index contributed by atoms with van der Waals surface area (Å²) >= 11 is 0. The molecule has 0 bridgehead atoms. The fraction of sp³-hybridized carbons (Fsp3) is 0. The van der Waals surface area contributed by atoms with Crippen molar-refractivity contribution in [2.45, 2.75) is 0 Å². The molecule has 10 heavy (non-hydrogen) atoms. The number of hydrogen-bond donors (Lipinski definition) is 1. The van der Waals surface area contributed by atoms with E-state index in [1.54, 1.807) is 0 Å². The Balaban J connectivity index is 2.89. The average molecular weight is 139 g/mol. The predicted octanol–water partition coefficient (Wildman–Crippen LogP) is -0.0899. The summed E-state index contributed by atoms with van der Waals surface area (Å²) in [7, 11) is 0. The summed E-state index contributed by atoms with van der Waals surface area (Å²) in [4.78, 5) is 22.5. The molecule has 1 N–H and O–H groups in total. The highest BCUT2D eigenvalue weighted by Gasteiger charge is 1.88. The van der Waals surface area contributed by atoms with Crippen molar-refractivity contribution in [2.24, 2.45) is 0 Å². The van der Waals surface area contributed by atoms with Gasteiger partial charge in [-0.1, -0.05) is 0 Å². The molecule has 0 spiro atoms. The first-order chi connectivity index (χ1) is 4.83. The lowest BCUT2D eigenvalue weighted by atomic mass is 10.5. The second-order valence-corrected chi connectivity index (χ2v) is 1.60. The van der Waals surface area contributed by atoms with Gasteiger partial charge in [0.15, 0.2) is 0 Å². The van der Waals surface area contributed by atoms with Crippen LogP contribution >= 0.6 is 0 Å². The molecule has 0 unspecified atom stereocenters. The van der Waals surface area contributed by atoms with Gasteiger partial charge in [0.05, 0.1) is 0 Å². The Bertz CT molecular complexity index is 258. The maximum Gasteiger partial charge on any atom is 0.298 e. The number of aromatic nitrogens is 1. The van der Waals surface area contributed by atoms with Crippen LogP contribution in [0.25, 0.3) is 0 Å². The smallest absolute Gasteiger partial charge is 0.298 e. The summed E-state index contributed by atoms with van der Waals surface area (Å²) in [6, 6.07) is 2.69. The lowest BCUT2D eigenvalue weighted by molar-refractivity contribution is -0.120. The fourth-order valence-corrected chi connectivity index (χ4v) is 0.525. The Kier molecular flexibility index (Phi) is 1.84. The van der Waals surface area contributed by atoms with Gasteiger partial charge in [0.2, 0.25) is 5.56 Å². The third-order valence-corrected chi connectivity index (χ3v) is 0.940. The van der Waals surface area contributed by atoms with Crippen molar-refractivity contribution < 1.29 is 9.53 Å². The summed E-state index contributed by atoms with van der Waals surface area (Å²) in [5, 5.41) is 0. The molecule has 0 aromatic carbocycles. The molecule has 0 radical (unpaired) electrons. The topological polar surface area (TPSA) is 59.2 Å². The zero-order valence-electron chi connectivity index (χ0n) is 5.03. The molecule has 1 aromatic heterocycles. The van der Waals surface area contributed by atoms with Crippen LogP contribution in [0.4, 0.5) is 0 Å². The number of pyridine rings is 1. The Morgan fingerprint density at radius 2 is 2.30 bits per heavy atom. The molecule has 0 aliphatic heterocycles. The Morgan fingerprint density at radius 1 is 1.50 bits per heavy atom. The van der Waals surface area contributed by atoms with E-state index in [2.05, 4.69) is 9.72 Å². The highest BCUT2D eigenvalue weighted by atomic mass is 16.5. The van der Waals surface area contributed by atoms with E-state index in [9.17, 15) is 9.59 Å². The Morgan fingerprint density at radius 3 is 2.80 bits per heavy atom. The lowest BCUT2D eigenvalue weighted by Crippen LogP contribution is -2.02. The van der Waals surface area contributed by atoms with Crippen LogP contribution in [0.3, 0.4) is 0 Å². The van der Waals surface area contributed by atoms with Gasteiger partial charge in [-0.15, -0.1) is 0 Å². The molecule has 0 saturated heterocycles. The molecule has 0 fully saturated rings. The molecular weight excluding hydrogens is 134 g/mol. The molecule has 52 valence electrons. The van der Waals surface area contributed by atoms with Crippen LogP contribution in [0.2, 0.25) is 0 Å². The van der Waals surface area contributed by atoms with E-state index in [0.29, 0.717) is 12.2 Å². The van der Waals surface area contributed by atoms with E-state index >= 15 is 0 Å². The SMILES string of the molecule is O=COc1ccc(=O)[nH]c1. The summed E-state index contributed by atoms with van der Waals surface area (Å²) in [5.74, 6) is 0.328. The second-order valence-electron chi connectivity index (χ2n) is 1.60. The zero-order chi connectivity index (χ0) is 7.40. The molecular formula is C6H5NO3. The number of nitrogens with one attached hydrogen (secondary N) is 1. The van der Waals surface area contributed by atoms with E-state index < -0.39 is 0 Å². The number of carbonyl (C=O) groups excluding carboxylic acids is 1. The highest BCUT2D eigenvalue weighted by molar-refractivity contribution is 5.43. The van der Waals surface area contributed by atoms with Crippen LogP contribution in [0, 0.1) is 0 Å². The predicted molar refractivity (Wildman–Crippen MR) is 33.8 cm³/mol. The number of ether oxygens (including phenoxy) is 1. The van der Waals surface area contributed by atoms with Crippen LogP contribution in [0.1, 0.15) is 0 Å². The van der Waals surface area contributed by atoms with Crippen molar-refractivity contribution in [3.05, 3.63) is 28.7 Å². The van der Waals surface area contributed by atoms with Gasteiger partial charge in [0.1, 0.15) is 5.75 Å². The van der Waals surface area contributed by atoms with Crippen molar-refractivity contribution in [1.82, 2.24) is 4.98 Å². The largest absolute Gasteiger partial charge is 0.427 e. The standard InChI is InChI=1S/C6H5NO3/c8-4-10-5-1-2-6(9)7-3-5/h1-4H,(H,7,9). The van der Waals surface area contributed by atoms with Gasteiger partial charge in [0, 0.05) is 12.3 Å². The number of hydrogen-bond acceptors (Lipinski definition) is 3. The zero-order valence-corrected chi connectivity index (χ0v) is 5.03. The first kappa shape index (κ1) is 6.54. The molecule has 1 rings (SSSR count). The van der Waals surface area contributed by atoms with Crippen LogP contribution in [0.15, 0.2) is 23.1 Å². The van der Waals surface area contributed by atoms with Crippen LogP contribution < -0.4 is 10.3 Å². The summed E-state index contributed by atoms with van der Waals surface area (Å²) in [5.41, 5.74) is -0.224. The van der Waals surface area contributed by atoms with E-state index in [4.69, 9.17) is 0 Å². The van der Waals surface area contributed by atoms with Crippen molar-refractivity contribution >= 4 is 6.47 Å². The summed E-state index contributed by atoms with van der Waals surface area (Å²) < 4.78 is 4.41. The van der Waals surface area contributed by atoms with Crippen LogP contribution in [0.5, 0.6) is 5.75 Å². The third kappa shape index (κ3) is 1.45. The van der Waals surface area contributed by atoms with Crippen molar-refractivity contribution in [2.75, 3.05) is 0 Å². The first-order valence-electron chi connectivity index (χ1n) is 2.62. The van der Waals surface area contributed by atoms with Crippen LogP contribution in [-0.4, -0.2) is 11.5 Å². The number of carbonyl (C=O) groups is 1. The maximum atomic E-state index is 10.4. The Labute approximate surface area is 56.5 Å². The second kappa shape index (κ2) is 2.82. The van der Waals surface area contributed by atoms with Crippen LogP contribution in [-0.2, 0) is 4.79 Å². The molecule has 4 heteroatoms. The minimum atomic E-state index is -0.224. The van der Waals surface area contributed by atoms with Gasteiger partial charge in [-0.05, 0) is 6.07 Å². The molecule has 0 saturated carbocycles. The van der Waals surface area contributed by atoms with Crippen molar-refractivity contribution in [3.63, 3.8) is 0 Å². The lowest BCUT2D eigenvalue weighted by Gasteiger charge is -1.92. The monoisotopic (exact) mass is 139 g/mol. The normalized spacial score (nSPS) is 8.80. The maximum absolute atomic E-state index is 10.4. The van der Waals surface area contributed by atoms with Gasteiger partial charge in [-0.2, -0.15) is 0 Å². The molecule has 0 atom stereocenters. The molecule has 1 heterocycles. The molecule has 0 aliphatic carbocycles. The molecule has 4 nitrogen and oxygen atoms in total. The van der Waals surface area contributed by atoms with Gasteiger partial charge in [0.25, 0.3) is 6.47 Å². The summed E-state index contributed by atoms with van der Waals surface area (Å²) in [6.07, 6.45) is 1.32. The fourth-order valence-electron chi connectivity index (χ4n) is 0.525. The van der Waals surface area contributed by atoms with E-state index in [1.807, 2.05) is 0 Å². The number of rotatable bonds is 2. The molecule has 0 aliphatic rings. The highest BCUT2D eigenvalue weighted by Crippen LogP contribution is 2.01. The Hall–Kier alpha value is -1.58. The van der Waals surface area contributed by atoms with Crippen molar-refractivity contribution in [1.29, 1.82) is 0 Å². The quantitative estimate of drug-likeness (QED) is 0.582.